The molecule has 2 aromatic heterocycles. The number of aromatic nitrogens is 3. The molecule has 2 amide bonds. The number of anilines is 1. The molecule has 0 radical (unpaired) electrons. The van der Waals surface area contributed by atoms with E-state index in [1.807, 2.05) is 0 Å². The summed E-state index contributed by atoms with van der Waals surface area (Å²) in [6.45, 7) is 3.20. The van der Waals surface area contributed by atoms with Crippen LogP contribution >= 0.6 is 11.3 Å². The molecule has 0 aliphatic carbocycles. The summed E-state index contributed by atoms with van der Waals surface area (Å²) in [5.74, 6) is 0.137. The van der Waals surface area contributed by atoms with Crippen molar-refractivity contribution >= 4 is 34.1 Å². The zero-order valence-electron chi connectivity index (χ0n) is 15.1. The summed E-state index contributed by atoms with van der Waals surface area (Å²) in [6, 6.07) is 0. The van der Waals surface area contributed by atoms with Crippen molar-refractivity contribution in [3.63, 3.8) is 0 Å². The highest BCUT2D eigenvalue weighted by molar-refractivity contribution is 7.17. The number of rotatable bonds is 3. The molecule has 9 nitrogen and oxygen atoms in total. The average molecular weight is 389 g/mol. The maximum Gasteiger partial charge on any atom is 0.341 e. The Hall–Kier alpha value is -2.75. The van der Waals surface area contributed by atoms with Gasteiger partial charge in [-0.1, -0.05) is 0 Å². The molecule has 2 aliphatic heterocycles. The van der Waals surface area contributed by atoms with Crippen LogP contribution in [0.4, 0.5) is 5.00 Å². The third kappa shape index (κ3) is 2.99. The van der Waals surface area contributed by atoms with E-state index in [9.17, 15) is 14.4 Å². The van der Waals surface area contributed by atoms with Gasteiger partial charge in [-0.2, -0.15) is 0 Å². The van der Waals surface area contributed by atoms with E-state index in [0.717, 1.165) is 29.1 Å². The van der Waals surface area contributed by atoms with Crippen molar-refractivity contribution in [1.29, 1.82) is 0 Å². The van der Waals surface area contributed by atoms with E-state index < -0.39 is 11.9 Å². The van der Waals surface area contributed by atoms with E-state index in [0.29, 0.717) is 36.6 Å². The van der Waals surface area contributed by atoms with Crippen LogP contribution in [0.15, 0.2) is 0 Å². The Kier molecular flexibility index (Phi) is 4.42. The number of ether oxygens (including phenoxy) is 1. The highest BCUT2D eigenvalue weighted by atomic mass is 32.1. The number of methoxy groups -OCH3 is 1. The van der Waals surface area contributed by atoms with Gasteiger partial charge in [0.25, 0.3) is 5.91 Å². The number of hydrogen-bond acceptors (Lipinski definition) is 7. The fourth-order valence-electron chi connectivity index (χ4n) is 3.56. The predicted octanol–water partition coefficient (Wildman–Crippen LogP) is 1.23. The largest absolute Gasteiger partial charge is 0.465 e. The maximum absolute atomic E-state index is 12.7. The van der Waals surface area contributed by atoms with Crippen LogP contribution in [0, 0.1) is 0 Å². The second-order valence-electron chi connectivity index (χ2n) is 6.54. The molecule has 2 aromatic rings. The fraction of sp³-hybridized carbons (Fsp3) is 0.471. The lowest BCUT2D eigenvalue weighted by Gasteiger charge is -2.25. The minimum Gasteiger partial charge on any atom is -0.465 e. The third-order valence-electron chi connectivity index (χ3n) is 4.93. The summed E-state index contributed by atoms with van der Waals surface area (Å²) in [6.07, 6.45) is 2.29. The number of fused-ring (bicyclic) bond motifs is 2. The third-order valence-corrected chi connectivity index (χ3v) is 6.06. The Labute approximate surface area is 159 Å². The molecule has 0 fully saturated rings. The first-order valence-corrected chi connectivity index (χ1v) is 9.53. The van der Waals surface area contributed by atoms with E-state index in [2.05, 4.69) is 15.5 Å². The first-order chi connectivity index (χ1) is 13.0. The summed E-state index contributed by atoms with van der Waals surface area (Å²) in [5.41, 5.74) is 1.21. The summed E-state index contributed by atoms with van der Waals surface area (Å²) in [5, 5.41) is 11.3. The molecule has 142 valence electrons. The van der Waals surface area contributed by atoms with Gasteiger partial charge >= 0.3 is 5.97 Å². The van der Waals surface area contributed by atoms with Crippen LogP contribution in [0.3, 0.4) is 0 Å². The highest BCUT2D eigenvalue weighted by Gasteiger charge is 2.31. The molecule has 4 heterocycles. The van der Waals surface area contributed by atoms with Gasteiger partial charge in [0.2, 0.25) is 11.7 Å². The van der Waals surface area contributed by atoms with Gasteiger partial charge in [-0.3, -0.25) is 9.59 Å². The van der Waals surface area contributed by atoms with Crippen molar-refractivity contribution in [3.05, 3.63) is 27.7 Å². The zero-order valence-corrected chi connectivity index (χ0v) is 15.9. The monoisotopic (exact) mass is 389 g/mol. The second-order valence-corrected chi connectivity index (χ2v) is 7.64. The Morgan fingerprint density at radius 1 is 1.19 bits per heavy atom. The van der Waals surface area contributed by atoms with Gasteiger partial charge in [0.1, 0.15) is 10.8 Å². The zero-order chi connectivity index (χ0) is 19.1. The molecule has 4 rings (SSSR count). The standard InChI is InChI=1S/C17H19N5O4S/c1-9(23)21-7-5-10-11(8-21)27-16(13(10)17(25)26-2)18-15(24)14-20-19-12-4-3-6-22(12)14/h3-8H2,1-2H3,(H,18,24). The SMILES string of the molecule is COC(=O)c1c(NC(=O)c2nnc3n2CCC3)sc2c1CCN(C(C)=O)C2. The molecule has 0 saturated heterocycles. The van der Waals surface area contributed by atoms with Crippen LogP contribution in [0.25, 0.3) is 0 Å². The van der Waals surface area contributed by atoms with Crippen molar-refractivity contribution in [2.45, 2.75) is 39.3 Å². The van der Waals surface area contributed by atoms with E-state index >= 15 is 0 Å². The maximum atomic E-state index is 12.7. The van der Waals surface area contributed by atoms with Crippen LogP contribution in [0.5, 0.6) is 0 Å². The number of nitrogens with zero attached hydrogens (tertiary/aromatic N) is 4. The van der Waals surface area contributed by atoms with Crippen LogP contribution in [-0.2, 0) is 35.5 Å². The molecular weight excluding hydrogens is 370 g/mol. The molecule has 0 saturated carbocycles. The van der Waals surface area contributed by atoms with Crippen LogP contribution < -0.4 is 5.32 Å². The minimum atomic E-state index is -0.495. The smallest absolute Gasteiger partial charge is 0.341 e. The van der Waals surface area contributed by atoms with Crippen molar-refractivity contribution in [2.24, 2.45) is 0 Å². The topological polar surface area (TPSA) is 106 Å². The molecule has 0 bridgehead atoms. The molecular formula is C17H19N5O4S. The number of esters is 1. The van der Waals surface area contributed by atoms with Gasteiger partial charge < -0.3 is 19.5 Å². The number of carbonyl (C=O) groups is 3. The summed E-state index contributed by atoms with van der Waals surface area (Å²) >= 11 is 1.30. The van der Waals surface area contributed by atoms with E-state index in [-0.39, 0.29) is 11.7 Å². The number of aryl methyl sites for hydroxylation is 1. The summed E-state index contributed by atoms with van der Waals surface area (Å²) in [7, 11) is 1.31. The van der Waals surface area contributed by atoms with Gasteiger partial charge in [0, 0.05) is 31.3 Å². The molecule has 0 atom stereocenters. The molecule has 0 spiro atoms. The normalized spacial score (nSPS) is 15.3. The molecule has 10 heteroatoms. The summed E-state index contributed by atoms with van der Waals surface area (Å²) < 4.78 is 6.73. The number of carbonyl (C=O) groups excluding carboxylic acids is 3. The number of thiophene rings is 1. The van der Waals surface area contributed by atoms with Crippen molar-refractivity contribution in [2.75, 3.05) is 19.0 Å². The lowest BCUT2D eigenvalue weighted by Crippen LogP contribution is -2.33. The molecule has 1 N–H and O–H groups in total. The Balaban J connectivity index is 1.66. The van der Waals surface area contributed by atoms with Gasteiger partial charge in [-0.25, -0.2) is 4.79 Å². The average Bonchev–Trinajstić information content (AvgIpc) is 3.33. The lowest BCUT2D eigenvalue weighted by atomic mass is 10.0. The van der Waals surface area contributed by atoms with Gasteiger partial charge in [-0.05, 0) is 18.4 Å². The quantitative estimate of drug-likeness (QED) is 0.792. The first-order valence-electron chi connectivity index (χ1n) is 8.71. The van der Waals surface area contributed by atoms with Gasteiger partial charge in [0.15, 0.2) is 0 Å². The van der Waals surface area contributed by atoms with Gasteiger partial charge in [-0.15, -0.1) is 21.5 Å². The van der Waals surface area contributed by atoms with Crippen LogP contribution in [0.1, 0.15) is 50.6 Å². The Morgan fingerprint density at radius 3 is 2.74 bits per heavy atom. The van der Waals surface area contributed by atoms with Gasteiger partial charge in [0.05, 0.1) is 19.2 Å². The summed E-state index contributed by atoms with van der Waals surface area (Å²) in [4.78, 5) is 39.4. The first kappa shape index (κ1) is 17.7. The number of amides is 2. The van der Waals surface area contributed by atoms with Crippen LogP contribution in [-0.4, -0.2) is 51.1 Å². The van der Waals surface area contributed by atoms with E-state index in [1.165, 1.54) is 25.4 Å². The lowest BCUT2D eigenvalue weighted by molar-refractivity contribution is -0.129. The minimum absolute atomic E-state index is 0.0155. The fourth-order valence-corrected chi connectivity index (χ4v) is 4.80. The molecule has 0 aromatic carbocycles. The van der Waals surface area contributed by atoms with Crippen molar-refractivity contribution < 1.29 is 19.1 Å². The predicted molar refractivity (Wildman–Crippen MR) is 96.7 cm³/mol. The van der Waals surface area contributed by atoms with Crippen molar-refractivity contribution in [1.82, 2.24) is 19.7 Å². The van der Waals surface area contributed by atoms with Crippen LogP contribution in [0.2, 0.25) is 0 Å². The van der Waals surface area contributed by atoms with Crippen molar-refractivity contribution in [3.8, 4) is 0 Å². The number of hydrogen-bond donors (Lipinski definition) is 1. The molecule has 2 aliphatic rings. The number of nitrogens with one attached hydrogen (secondary N) is 1. The van der Waals surface area contributed by atoms with E-state index in [4.69, 9.17) is 4.74 Å². The second kappa shape index (κ2) is 6.76. The Morgan fingerprint density at radius 2 is 2.00 bits per heavy atom. The van der Waals surface area contributed by atoms with E-state index in [1.54, 1.807) is 9.47 Å². The molecule has 0 unspecified atom stereocenters. The Bertz CT molecular complexity index is 948. The highest BCUT2D eigenvalue weighted by Crippen LogP contribution is 2.38. The molecule has 27 heavy (non-hydrogen) atoms.